The zero-order valence-corrected chi connectivity index (χ0v) is 18.7. The fourth-order valence-electron chi connectivity index (χ4n) is 3.95. The number of fused-ring (bicyclic) bond motifs is 1. The maximum Gasteiger partial charge on any atom is 0.121 e. The molecule has 2 heterocycles. The van der Waals surface area contributed by atoms with E-state index in [9.17, 15) is 0 Å². The first-order valence-electron chi connectivity index (χ1n) is 10.8. The highest BCUT2D eigenvalue weighted by atomic mass is 16.5. The van der Waals surface area contributed by atoms with Crippen molar-refractivity contribution in [1.29, 1.82) is 0 Å². The van der Waals surface area contributed by atoms with E-state index in [0.29, 0.717) is 12.5 Å². The molecule has 1 fully saturated rings. The fourth-order valence-corrected chi connectivity index (χ4v) is 3.95. The van der Waals surface area contributed by atoms with E-state index in [0.717, 1.165) is 51.5 Å². The average Bonchev–Trinajstić information content (AvgIpc) is 3.54. The molecule has 1 saturated carbocycles. The highest BCUT2D eigenvalue weighted by Crippen LogP contribution is 2.37. The lowest BCUT2D eigenvalue weighted by molar-refractivity contribution is 0.184. The number of aryl methyl sites for hydroxylation is 1. The largest absolute Gasteiger partial charge is 0.497 e. The summed E-state index contributed by atoms with van der Waals surface area (Å²) in [4.78, 5) is 11.9. The topological polar surface area (TPSA) is 65.3 Å². The van der Waals surface area contributed by atoms with E-state index >= 15 is 0 Å². The summed E-state index contributed by atoms with van der Waals surface area (Å²) in [7, 11) is 5.31. The van der Waals surface area contributed by atoms with Crippen molar-refractivity contribution in [3.8, 4) is 17.0 Å². The molecular weight excluding hydrogens is 402 g/mol. The van der Waals surface area contributed by atoms with E-state index in [1.165, 1.54) is 12.8 Å². The Hall–Kier alpha value is -3.45. The molecule has 1 aliphatic rings. The van der Waals surface area contributed by atoms with Crippen molar-refractivity contribution in [1.82, 2.24) is 19.7 Å². The normalized spacial score (nSPS) is 13.5. The standard InChI is InChI=1S/C25H27N5O2/c1-29-15-19(12-27-29)25-13-26-23-7-6-20(11-24(23)28-25)30(14-17-4-5-17)21-8-18(16-31-2)9-22(10-21)32-3/h6-13,15,17H,4-5,14,16H2,1-3H3. The Labute approximate surface area is 187 Å². The van der Waals surface area contributed by atoms with E-state index in [2.05, 4.69) is 39.2 Å². The third kappa shape index (κ3) is 4.29. The number of hydrogen-bond acceptors (Lipinski definition) is 6. The van der Waals surface area contributed by atoms with Crippen LogP contribution in [0.3, 0.4) is 0 Å². The number of aromatic nitrogens is 4. The lowest BCUT2D eigenvalue weighted by Gasteiger charge is -2.26. The van der Waals surface area contributed by atoms with Crippen LogP contribution in [0.5, 0.6) is 5.75 Å². The molecule has 7 heteroatoms. The molecule has 2 aromatic carbocycles. The molecule has 0 N–H and O–H groups in total. The summed E-state index contributed by atoms with van der Waals surface area (Å²) in [6.07, 6.45) is 8.10. The second-order valence-corrected chi connectivity index (χ2v) is 8.36. The van der Waals surface area contributed by atoms with E-state index in [4.69, 9.17) is 14.5 Å². The van der Waals surface area contributed by atoms with Crippen molar-refractivity contribution in [3.05, 3.63) is 60.6 Å². The number of benzene rings is 2. The molecule has 0 saturated heterocycles. The van der Waals surface area contributed by atoms with Gasteiger partial charge in [0.2, 0.25) is 0 Å². The highest BCUT2D eigenvalue weighted by Gasteiger charge is 2.26. The summed E-state index contributed by atoms with van der Waals surface area (Å²) in [5, 5.41) is 4.26. The third-order valence-electron chi connectivity index (χ3n) is 5.79. The predicted octanol–water partition coefficient (Wildman–Crippen LogP) is 4.73. The summed E-state index contributed by atoms with van der Waals surface area (Å²) < 4.78 is 12.7. The van der Waals surface area contributed by atoms with Crippen LogP contribution in [0.15, 0.2) is 55.0 Å². The Kier molecular flexibility index (Phi) is 5.49. The van der Waals surface area contributed by atoms with Gasteiger partial charge in [-0.25, -0.2) is 4.98 Å². The lowest BCUT2D eigenvalue weighted by Crippen LogP contribution is -2.20. The first-order chi connectivity index (χ1) is 15.6. The van der Waals surface area contributed by atoms with E-state index in [1.807, 2.05) is 31.6 Å². The number of methoxy groups -OCH3 is 2. The van der Waals surface area contributed by atoms with E-state index in [-0.39, 0.29) is 0 Å². The SMILES string of the molecule is COCc1cc(OC)cc(N(CC2CC2)c2ccc3ncc(-c4cnn(C)c4)nc3c2)c1. The van der Waals surface area contributed by atoms with Gasteiger partial charge in [-0.15, -0.1) is 0 Å². The van der Waals surface area contributed by atoms with Crippen LogP contribution in [-0.2, 0) is 18.4 Å². The molecule has 0 unspecified atom stereocenters. The fraction of sp³-hybridized carbons (Fsp3) is 0.320. The van der Waals surface area contributed by atoms with Crippen LogP contribution in [0.25, 0.3) is 22.3 Å². The molecule has 2 aromatic heterocycles. The van der Waals surface area contributed by atoms with Crippen LogP contribution < -0.4 is 9.64 Å². The summed E-state index contributed by atoms with van der Waals surface area (Å²) in [6.45, 7) is 1.50. The smallest absolute Gasteiger partial charge is 0.121 e. The predicted molar refractivity (Wildman–Crippen MR) is 125 cm³/mol. The minimum absolute atomic E-state index is 0.541. The Morgan fingerprint density at radius 2 is 1.91 bits per heavy atom. The molecule has 0 bridgehead atoms. The number of rotatable bonds is 8. The van der Waals surface area contributed by atoms with E-state index < -0.39 is 0 Å². The van der Waals surface area contributed by atoms with Gasteiger partial charge >= 0.3 is 0 Å². The van der Waals surface area contributed by atoms with Crippen LogP contribution in [-0.4, -0.2) is 40.5 Å². The average molecular weight is 430 g/mol. The van der Waals surface area contributed by atoms with Gasteiger partial charge in [-0.1, -0.05) is 0 Å². The molecule has 0 atom stereocenters. The van der Waals surface area contributed by atoms with Crippen LogP contribution in [0.4, 0.5) is 11.4 Å². The van der Waals surface area contributed by atoms with Gasteiger partial charge in [0.25, 0.3) is 0 Å². The zero-order valence-electron chi connectivity index (χ0n) is 18.7. The summed E-state index contributed by atoms with van der Waals surface area (Å²) in [6, 6.07) is 12.6. The van der Waals surface area contributed by atoms with Crippen LogP contribution in [0, 0.1) is 5.92 Å². The van der Waals surface area contributed by atoms with Gasteiger partial charge in [0.1, 0.15) is 5.75 Å². The van der Waals surface area contributed by atoms with Crippen molar-refractivity contribution < 1.29 is 9.47 Å². The first-order valence-corrected chi connectivity index (χ1v) is 10.8. The zero-order chi connectivity index (χ0) is 22.1. The Morgan fingerprint density at radius 3 is 2.62 bits per heavy atom. The molecule has 32 heavy (non-hydrogen) atoms. The molecule has 7 nitrogen and oxygen atoms in total. The Morgan fingerprint density at radius 1 is 1.03 bits per heavy atom. The molecule has 5 rings (SSSR count). The number of hydrogen-bond donors (Lipinski definition) is 0. The molecule has 0 spiro atoms. The quantitative estimate of drug-likeness (QED) is 0.403. The van der Waals surface area contributed by atoms with Crippen molar-refractivity contribution in [2.45, 2.75) is 19.4 Å². The summed E-state index contributed by atoms with van der Waals surface area (Å²) in [5.74, 6) is 1.53. The highest BCUT2D eigenvalue weighted by molar-refractivity contribution is 5.82. The van der Waals surface area contributed by atoms with Gasteiger partial charge < -0.3 is 14.4 Å². The molecule has 0 amide bonds. The maximum absolute atomic E-state index is 5.57. The van der Waals surface area contributed by atoms with Crippen molar-refractivity contribution in [3.63, 3.8) is 0 Å². The molecule has 1 aliphatic carbocycles. The van der Waals surface area contributed by atoms with Gasteiger partial charge in [0.05, 0.1) is 42.8 Å². The van der Waals surface area contributed by atoms with Gasteiger partial charge in [0.15, 0.2) is 0 Å². The van der Waals surface area contributed by atoms with Crippen molar-refractivity contribution in [2.75, 3.05) is 25.7 Å². The van der Waals surface area contributed by atoms with Crippen LogP contribution in [0.1, 0.15) is 18.4 Å². The van der Waals surface area contributed by atoms with Crippen LogP contribution in [0.2, 0.25) is 0 Å². The van der Waals surface area contributed by atoms with Gasteiger partial charge in [-0.05, 0) is 54.7 Å². The van der Waals surface area contributed by atoms with Gasteiger partial charge in [-0.2, -0.15) is 5.10 Å². The minimum Gasteiger partial charge on any atom is -0.497 e. The monoisotopic (exact) mass is 429 g/mol. The number of anilines is 2. The maximum atomic E-state index is 5.57. The number of ether oxygens (including phenoxy) is 2. The lowest BCUT2D eigenvalue weighted by atomic mass is 10.1. The Balaban J connectivity index is 1.57. The third-order valence-corrected chi connectivity index (χ3v) is 5.79. The van der Waals surface area contributed by atoms with Gasteiger partial charge in [-0.3, -0.25) is 9.67 Å². The van der Waals surface area contributed by atoms with Crippen molar-refractivity contribution in [2.24, 2.45) is 13.0 Å². The second-order valence-electron chi connectivity index (χ2n) is 8.36. The second kappa shape index (κ2) is 8.59. The molecule has 0 radical (unpaired) electrons. The number of nitrogens with zero attached hydrogens (tertiary/aromatic N) is 5. The Bertz CT molecular complexity index is 1250. The summed E-state index contributed by atoms with van der Waals surface area (Å²) in [5.41, 5.74) is 6.79. The molecule has 4 aromatic rings. The molecular formula is C25H27N5O2. The summed E-state index contributed by atoms with van der Waals surface area (Å²) >= 11 is 0. The minimum atomic E-state index is 0.541. The molecule has 164 valence electrons. The van der Waals surface area contributed by atoms with Gasteiger partial charge in [0, 0.05) is 49.9 Å². The van der Waals surface area contributed by atoms with E-state index in [1.54, 1.807) is 25.1 Å². The van der Waals surface area contributed by atoms with Crippen LogP contribution >= 0.6 is 0 Å². The first kappa shape index (κ1) is 20.5. The van der Waals surface area contributed by atoms with Crippen molar-refractivity contribution >= 4 is 22.4 Å². The molecule has 0 aliphatic heterocycles.